The highest BCUT2D eigenvalue weighted by Crippen LogP contribution is 2.28. The number of nitrogens with zero attached hydrogens (tertiary/aromatic N) is 1. The van der Waals surface area contributed by atoms with Crippen molar-refractivity contribution in [3.63, 3.8) is 0 Å². The molecule has 2 aliphatic rings. The summed E-state index contributed by atoms with van der Waals surface area (Å²) < 4.78 is 15.4. The number of aliphatic hydroxyl groups is 2. The van der Waals surface area contributed by atoms with Crippen molar-refractivity contribution in [2.24, 2.45) is 4.99 Å². The van der Waals surface area contributed by atoms with Crippen LogP contribution in [0.15, 0.2) is 4.99 Å². The van der Waals surface area contributed by atoms with Gasteiger partial charge in [-0.2, -0.15) is 0 Å². The van der Waals surface area contributed by atoms with E-state index in [4.69, 9.17) is 14.2 Å². The highest BCUT2D eigenvalue weighted by atomic mass is 16.7. The monoisotopic (exact) mass is 245 g/mol. The van der Waals surface area contributed by atoms with Gasteiger partial charge < -0.3 is 24.4 Å². The van der Waals surface area contributed by atoms with E-state index in [-0.39, 0.29) is 6.61 Å². The Kier molecular flexibility index (Phi) is 3.32. The maximum absolute atomic E-state index is 10.7. The fraction of sp³-hybridized carbons (Fsp3) is 0.800. The van der Waals surface area contributed by atoms with Crippen LogP contribution < -0.4 is 0 Å². The molecule has 7 nitrogen and oxygen atoms in total. The van der Waals surface area contributed by atoms with Gasteiger partial charge in [0.15, 0.2) is 5.90 Å². The number of carbonyl (C=O) groups excluding carboxylic acids is 1. The van der Waals surface area contributed by atoms with Crippen LogP contribution >= 0.6 is 0 Å². The van der Waals surface area contributed by atoms with Crippen molar-refractivity contribution in [2.45, 2.75) is 44.5 Å². The maximum atomic E-state index is 10.7. The van der Waals surface area contributed by atoms with Gasteiger partial charge in [-0.25, -0.2) is 4.99 Å². The van der Waals surface area contributed by atoms with E-state index in [9.17, 15) is 15.0 Å². The van der Waals surface area contributed by atoms with Gasteiger partial charge >= 0.3 is 5.97 Å². The van der Waals surface area contributed by atoms with E-state index < -0.39 is 36.6 Å². The first-order valence-corrected chi connectivity index (χ1v) is 5.35. The van der Waals surface area contributed by atoms with Crippen LogP contribution in [0.2, 0.25) is 0 Å². The van der Waals surface area contributed by atoms with Crippen LogP contribution in [0.1, 0.15) is 13.8 Å². The molecule has 2 heterocycles. The number of esters is 1. The van der Waals surface area contributed by atoms with Crippen molar-refractivity contribution < 1.29 is 29.2 Å². The van der Waals surface area contributed by atoms with Crippen LogP contribution in [-0.4, -0.2) is 59.3 Å². The van der Waals surface area contributed by atoms with E-state index in [1.807, 2.05) is 0 Å². The maximum Gasteiger partial charge on any atom is 0.302 e. The van der Waals surface area contributed by atoms with Crippen molar-refractivity contribution in [2.75, 3.05) is 6.61 Å². The van der Waals surface area contributed by atoms with Crippen molar-refractivity contribution in [1.29, 1.82) is 0 Å². The molecular weight excluding hydrogens is 230 g/mol. The van der Waals surface area contributed by atoms with Crippen LogP contribution in [0.4, 0.5) is 0 Å². The quantitative estimate of drug-likeness (QED) is 0.594. The third kappa shape index (κ3) is 2.41. The first-order valence-electron chi connectivity index (χ1n) is 5.35. The minimum atomic E-state index is -1.16. The molecule has 0 spiro atoms. The van der Waals surface area contributed by atoms with Gasteiger partial charge in [0.25, 0.3) is 0 Å². The smallest absolute Gasteiger partial charge is 0.302 e. The molecule has 2 aliphatic heterocycles. The van der Waals surface area contributed by atoms with E-state index in [1.54, 1.807) is 6.92 Å². The van der Waals surface area contributed by atoms with E-state index in [0.717, 1.165) is 0 Å². The summed E-state index contributed by atoms with van der Waals surface area (Å²) in [6, 6.07) is -0.626. The van der Waals surface area contributed by atoms with Gasteiger partial charge in [0.2, 0.25) is 6.29 Å². The second-order valence-corrected chi connectivity index (χ2v) is 4.08. The normalized spacial score (nSPS) is 40.2. The molecule has 0 aromatic rings. The van der Waals surface area contributed by atoms with Crippen molar-refractivity contribution in [3.8, 4) is 0 Å². The Morgan fingerprint density at radius 1 is 1.47 bits per heavy atom. The number of carbonyl (C=O) groups is 1. The van der Waals surface area contributed by atoms with E-state index >= 15 is 0 Å². The standard InChI is InChI=1S/C10H15NO6/c1-4-11-7-9(14)8(13)6(3-15-5(2)12)17-10(7)16-4/h6-10,13-14H,3H2,1-2H3/t6?,7-,8-,9?,10+/m0/s1. The van der Waals surface area contributed by atoms with Gasteiger partial charge in [0.05, 0.1) is 0 Å². The Bertz CT molecular complexity index is 344. The SMILES string of the molecule is CC(=O)OCC1O[C@H]2OC(C)=N[C@H]2C(O)[C@H]1O. The Labute approximate surface area is 98.0 Å². The largest absolute Gasteiger partial charge is 0.463 e. The van der Waals surface area contributed by atoms with Gasteiger partial charge in [-0.15, -0.1) is 0 Å². The fourth-order valence-corrected chi connectivity index (χ4v) is 1.90. The number of hydrogen-bond donors (Lipinski definition) is 2. The van der Waals surface area contributed by atoms with Gasteiger partial charge in [-0.3, -0.25) is 4.79 Å². The average Bonchev–Trinajstić information content (AvgIpc) is 2.62. The number of aliphatic hydroxyl groups excluding tert-OH is 2. The van der Waals surface area contributed by atoms with Crippen molar-refractivity contribution in [3.05, 3.63) is 0 Å². The van der Waals surface area contributed by atoms with Crippen molar-refractivity contribution in [1.82, 2.24) is 0 Å². The second-order valence-electron chi connectivity index (χ2n) is 4.08. The lowest BCUT2D eigenvalue weighted by molar-refractivity contribution is -0.236. The van der Waals surface area contributed by atoms with Crippen molar-refractivity contribution >= 4 is 11.9 Å². The first-order chi connectivity index (χ1) is 7.99. The van der Waals surface area contributed by atoms with Gasteiger partial charge in [0, 0.05) is 13.8 Å². The van der Waals surface area contributed by atoms with E-state index in [0.29, 0.717) is 5.90 Å². The third-order valence-electron chi connectivity index (χ3n) is 2.74. The van der Waals surface area contributed by atoms with Crippen LogP contribution in [0.5, 0.6) is 0 Å². The zero-order valence-electron chi connectivity index (χ0n) is 9.57. The summed E-state index contributed by atoms with van der Waals surface area (Å²) in [4.78, 5) is 14.7. The second kappa shape index (κ2) is 4.59. The van der Waals surface area contributed by atoms with Crippen LogP contribution in [0.3, 0.4) is 0 Å². The highest BCUT2D eigenvalue weighted by molar-refractivity contribution is 5.75. The minimum Gasteiger partial charge on any atom is -0.463 e. The van der Waals surface area contributed by atoms with E-state index in [1.165, 1.54) is 6.92 Å². The Morgan fingerprint density at radius 2 is 2.18 bits per heavy atom. The number of fused-ring (bicyclic) bond motifs is 1. The summed E-state index contributed by atoms with van der Waals surface area (Å²) in [6.07, 6.45) is -3.79. The topological polar surface area (TPSA) is 97.6 Å². The molecule has 2 rings (SSSR count). The zero-order chi connectivity index (χ0) is 12.6. The molecule has 0 radical (unpaired) electrons. The molecular formula is C10H15NO6. The molecule has 0 aliphatic carbocycles. The molecule has 0 bridgehead atoms. The molecule has 1 saturated heterocycles. The minimum absolute atomic E-state index is 0.126. The number of ether oxygens (including phenoxy) is 3. The number of hydrogen-bond acceptors (Lipinski definition) is 7. The van der Waals surface area contributed by atoms with Gasteiger partial charge in [-0.05, 0) is 0 Å². The Hall–Kier alpha value is -1.18. The summed E-state index contributed by atoms with van der Waals surface area (Å²) in [5.74, 6) is -0.0726. The van der Waals surface area contributed by atoms with Crippen LogP contribution in [0.25, 0.3) is 0 Å². The van der Waals surface area contributed by atoms with Gasteiger partial charge in [0.1, 0.15) is 31.0 Å². The Morgan fingerprint density at radius 3 is 2.82 bits per heavy atom. The summed E-state index contributed by atoms with van der Waals surface area (Å²) in [5, 5.41) is 19.6. The number of rotatable bonds is 2. The lowest BCUT2D eigenvalue weighted by Crippen LogP contribution is -2.57. The zero-order valence-corrected chi connectivity index (χ0v) is 9.57. The first kappa shape index (κ1) is 12.3. The molecule has 0 aromatic heterocycles. The predicted octanol–water partition coefficient (Wildman–Crippen LogP) is -1.19. The predicted molar refractivity (Wildman–Crippen MR) is 55.3 cm³/mol. The Balaban J connectivity index is 2.01. The molecule has 0 saturated carbocycles. The molecule has 17 heavy (non-hydrogen) atoms. The molecule has 7 heteroatoms. The molecule has 96 valence electrons. The van der Waals surface area contributed by atoms with Crippen LogP contribution in [-0.2, 0) is 19.0 Å². The average molecular weight is 245 g/mol. The number of aliphatic imine (C=N–C) groups is 1. The highest BCUT2D eigenvalue weighted by Gasteiger charge is 2.48. The lowest BCUT2D eigenvalue weighted by atomic mass is 9.98. The third-order valence-corrected chi connectivity index (χ3v) is 2.74. The molecule has 0 amide bonds. The van der Waals surface area contributed by atoms with Gasteiger partial charge in [-0.1, -0.05) is 0 Å². The molecule has 2 N–H and O–H groups in total. The molecule has 2 unspecified atom stereocenters. The summed E-state index contributed by atoms with van der Waals surface area (Å²) in [6.45, 7) is 2.77. The fourth-order valence-electron chi connectivity index (χ4n) is 1.90. The molecule has 1 fully saturated rings. The summed E-state index contributed by atoms with van der Waals surface area (Å²) in [5.41, 5.74) is 0. The lowest BCUT2D eigenvalue weighted by Gasteiger charge is -2.37. The summed E-state index contributed by atoms with van der Waals surface area (Å²) >= 11 is 0. The van der Waals surface area contributed by atoms with E-state index in [2.05, 4.69) is 4.99 Å². The summed E-state index contributed by atoms with van der Waals surface area (Å²) in [7, 11) is 0. The van der Waals surface area contributed by atoms with Crippen LogP contribution in [0, 0.1) is 0 Å². The molecule has 0 aromatic carbocycles. The molecule has 5 atom stereocenters.